The summed E-state index contributed by atoms with van der Waals surface area (Å²) < 4.78 is 5.55. The van der Waals surface area contributed by atoms with Gasteiger partial charge in [0.2, 0.25) is 11.8 Å². The lowest BCUT2D eigenvalue weighted by Crippen LogP contribution is -2.52. The Morgan fingerprint density at radius 1 is 1.33 bits per heavy atom. The second-order valence-electron chi connectivity index (χ2n) is 7.26. The van der Waals surface area contributed by atoms with E-state index in [4.69, 9.17) is 4.74 Å². The summed E-state index contributed by atoms with van der Waals surface area (Å²) in [5, 5.41) is 2.85. The Morgan fingerprint density at radius 2 is 2.00 bits per heavy atom. The summed E-state index contributed by atoms with van der Waals surface area (Å²) in [4.78, 5) is 26.1. The molecule has 122 valence electrons. The van der Waals surface area contributed by atoms with E-state index in [0.717, 1.165) is 13.0 Å². The van der Waals surface area contributed by atoms with Crippen LogP contribution in [-0.2, 0) is 14.3 Å². The second kappa shape index (κ2) is 7.78. The molecule has 1 rings (SSSR count). The zero-order valence-corrected chi connectivity index (χ0v) is 14.1. The number of amides is 2. The molecule has 1 N–H and O–H groups in total. The van der Waals surface area contributed by atoms with Crippen molar-refractivity contribution in [2.24, 2.45) is 11.3 Å². The van der Waals surface area contributed by atoms with Crippen molar-refractivity contribution in [2.75, 3.05) is 26.3 Å². The fourth-order valence-electron chi connectivity index (χ4n) is 2.31. The van der Waals surface area contributed by atoms with Gasteiger partial charge >= 0.3 is 0 Å². The first-order valence-electron chi connectivity index (χ1n) is 7.87. The molecule has 0 bridgehead atoms. The van der Waals surface area contributed by atoms with Crippen LogP contribution < -0.4 is 5.32 Å². The Hall–Kier alpha value is -1.10. The van der Waals surface area contributed by atoms with Gasteiger partial charge in [0, 0.05) is 32.7 Å². The van der Waals surface area contributed by atoms with Crippen LogP contribution in [0.25, 0.3) is 0 Å². The fraction of sp³-hybridized carbons (Fsp3) is 0.875. The van der Waals surface area contributed by atoms with Crippen LogP contribution in [0.5, 0.6) is 0 Å². The summed E-state index contributed by atoms with van der Waals surface area (Å²) in [5.41, 5.74) is -0.274. The quantitative estimate of drug-likeness (QED) is 0.761. The molecule has 1 fully saturated rings. The second-order valence-corrected chi connectivity index (χ2v) is 7.26. The lowest BCUT2D eigenvalue weighted by Gasteiger charge is -2.32. The molecular weight excluding hydrogens is 268 g/mol. The molecule has 5 nitrogen and oxygen atoms in total. The Morgan fingerprint density at radius 3 is 2.57 bits per heavy atom. The number of nitrogens with one attached hydrogen (secondary N) is 1. The molecule has 1 unspecified atom stereocenters. The van der Waals surface area contributed by atoms with Crippen molar-refractivity contribution in [2.45, 2.75) is 53.5 Å². The van der Waals surface area contributed by atoms with E-state index >= 15 is 0 Å². The van der Waals surface area contributed by atoms with Crippen molar-refractivity contribution in [3.05, 3.63) is 0 Å². The van der Waals surface area contributed by atoms with Crippen molar-refractivity contribution in [1.82, 2.24) is 10.2 Å². The van der Waals surface area contributed by atoms with E-state index in [1.807, 2.05) is 20.8 Å². The molecule has 1 heterocycles. The first-order valence-corrected chi connectivity index (χ1v) is 7.87. The van der Waals surface area contributed by atoms with Crippen molar-refractivity contribution < 1.29 is 14.3 Å². The third-order valence-corrected chi connectivity index (χ3v) is 3.51. The van der Waals surface area contributed by atoms with Gasteiger partial charge in [-0.3, -0.25) is 9.59 Å². The van der Waals surface area contributed by atoms with Crippen LogP contribution in [0.4, 0.5) is 0 Å². The highest BCUT2D eigenvalue weighted by Gasteiger charge is 2.37. The molecule has 1 aliphatic heterocycles. The van der Waals surface area contributed by atoms with E-state index in [-0.39, 0.29) is 17.2 Å². The van der Waals surface area contributed by atoms with Crippen LogP contribution >= 0.6 is 0 Å². The van der Waals surface area contributed by atoms with Gasteiger partial charge in [-0.1, -0.05) is 34.6 Å². The van der Waals surface area contributed by atoms with Crippen LogP contribution in [0.3, 0.4) is 0 Å². The van der Waals surface area contributed by atoms with Gasteiger partial charge in [0.05, 0.1) is 0 Å². The summed E-state index contributed by atoms with van der Waals surface area (Å²) >= 11 is 0. The van der Waals surface area contributed by atoms with E-state index in [1.165, 1.54) is 0 Å². The monoisotopic (exact) mass is 298 g/mol. The van der Waals surface area contributed by atoms with Crippen molar-refractivity contribution in [3.63, 3.8) is 0 Å². The third-order valence-electron chi connectivity index (χ3n) is 3.51. The summed E-state index contributed by atoms with van der Waals surface area (Å²) in [6.45, 7) is 12.7. The molecule has 0 aromatic carbocycles. The minimum absolute atomic E-state index is 0.0252. The maximum Gasteiger partial charge on any atom is 0.245 e. The van der Waals surface area contributed by atoms with E-state index in [9.17, 15) is 9.59 Å². The van der Waals surface area contributed by atoms with Crippen molar-refractivity contribution >= 4 is 11.8 Å². The SMILES string of the molecule is CC(C)COCCCN1CCC(=O)NC(C(C)(C)C)C1=O. The smallest absolute Gasteiger partial charge is 0.245 e. The molecule has 0 saturated carbocycles. The van der Waals surface area contributed by atoms with Crippen LogP contribution in [0.1, 0.15) is 47.5 Å². The van der Waals surface area contributed by atoms with Crippen molar-refractivity contribution in [1.29, 1.82) is 0 Å². The molecule has 0 aromatic rings. The number of rotatable bonds is 6. The van der Waals surface area contributed by atoms with E-state index in [0.29, 0.717) is 32.0 Å². The van der Waals surface area contributed by atoms with Crippen LogP contribution in [0.2, 0.25) is 0 Å². The first-order chi connectivity index (χ1) is 9.71. The van der Waals surface area contributed by atoms with E-state index in [2.05, 4.69) is 19.2 Å². The zero-order chi connectivity index (χ0) is 16.0. The maximum atomic E-state index is 12.6. The molecule has 21 heavy (non-hydrogen) atoms. The highest BCUT2D eigenvalue weighted by molar-refractivity contribution is 5.90. The molecule has 1 aliphatic rings. The molecule has 1 saturated heterocycles. The highest BCUT2D eigenvalue weighted by Crippen LogP contribution is 2.23. The standard InChI is InChI=1S/C16H30N2O3/c1-12(2)11-21-10-6-8-18-9-7-13(19)17-14(15(18)20)16(3,4)5/h12,14H,6-11H2,1-5H3,(H,17,19). The predicted octanol–water partition coefficient (Wildman–Crippen LogP) is 1.81. The van der Waals surface area contributed by atoms with Gasteiger partial charge in [-0.15, -0.1) is 0 Å². The summed E-state index contributed by atoms with van der Waals surface area (Å²) in [5.74, 6) is 0.510. The lowest BCUT2D eigenvalue weighted by molar-refractivity contribution is -0.136. The van der Waals surface area contributed by atoms with Gasteiger partial charge in [-0.25, -0.2) is 0 Å². The molecule has 0 spiro atoms. The normalized spacial score (nSPS) is 20.7. The largest absolute Gasteiger partial charge is 0.381 e. The minimum Gasteiger partial charge on any atom is -0.381 e. The topological polar surface area (TPSA) is 58.6 Å². The molecule has 0 aromatic heterocycles. The van der Waals surface area contributed by atoms with Crippen molar-refractivity contribution in [3.8, 4) is 0 Å². The van der Waals surface area contributed by atoms with Crippen LogP contribution in [0, 0.1) is 11.3 Å². The third kappa shape index (κ3) is 6.04. The Labute approximate surface area is 128 Å². The molecule has 5 heteroatoms. The van der Waals surface area contributed by atoms with Gasteiger partial charge < -0.3 is 15.0 Å². The van der Waals surface area contributed by atoms with Gasteiger partial charge in [0.15, 0.2) is 0 Å². The van der Waals surface area contributed by atoms with Crippen LogP contribution in [-0.4, -0.2) is 49.1 Å². The van der Waals surface area contributed by atoms with Crippen LogP contribution in [0.15, 0.2) is 0 Å². The van der Waals surface area contributed by atoms with Gasteiger partial charge in [0.25, 0.3) is 0 Å². The Bertz CT molecular complexity index is 361. The lowest BCUT2D eigenvalue weighted by atomic mass is 9.86. The molecule has 2 amide bonds. The van der Waals surface area contributed by atoms with E-state index in [1.54, 1.807) is 4.90 Å². The number of carbonyl (C=O) groups excluding carboxylic acids is 2. The minimum atomic E-state index is -0.441. The summed E-state index contributed by atoms with van der Waals surface area (Å²) in [6, 6.07) is -0.441. The molecule has 0 radical (unpaired) electrons. The predicted molar refractivity (Wildman–Crippen MR) is 82.9 cm³/mol. The molecular formula is C16H30N2O3. The number of nitrogens with zero attached hydrogens (tertiary/aromatic N) is 1. The first kappa shape index (κ1) is 18.0. The number of hydrogen-bond donors (Lipinski definition) is 1. The van der Waals surface area contributed by atoms with Gasteiger partial charge in [-0.05, 0) is 17.8 Å². The number of carbonyl (C=O) groups is 2. The summed E-state index contributed by atoms with van der Waals surface area (Å²) in [7, 11) is 0. The average molecular weight is 298 g/mol. The molecule has 1 atom stereocenters. The summed E-state index contributed by atoms with van der Waals surface area (Å²) in [6.07, 6.45) is 1.19. The molecule has 0 aliphatic carbocycles. The number of ether oxygens (including phenoxy) is 1. The van der Waals surface area contributed by atoms with E-state index < -0.39 is 6.04 Å². The average Bonchev–Trinajstić information content (AvgIpc) is 2.49. The fourth-order valence-corrected chi connectivity index (χ4v) is 2.31. The zero-order valence-electron chi connectivity index (χ0n) is 14.1. The Kier molecular flexibility index (Phi) is 6.65. The maximum absolute atomic E-state index is 12.6. The Balaban J connectivity index is 2.52. The van der Waals surface area contributed by atoms with Gasteiger partial charge in [-0.2, -0.15) is 0 Å². The highest BCUT2D eigenvalue weighted by atomic mass is 16.5. The van der Waals surface area contributed by atoms with Gasteiger partial charge in [0.1, 0.15) is 6.04 Å². The number of hydrogen-bond acceptors (Lipinski definition) is 3.